The highest BCUT2D eigenvalue weighted by atomic mass is 15.1. The standard InChI is InChI=1S/C91H61N5/c1-5-19-62(20-6-1)66-39-45-74(46-40-66)93(78-52-55-90-84(59-78)80-29-15-17-31-88(80)95(90)72-25-9-3-10-26-72)75-47-43-68(44-48-75)65-33-36-69(37-34-65)87-61-82(71-38-35-64-23-13-14-24-70(64)57-71)83-58-77(51-54-86(83)92-87)94(76-49-41-67(42-50-76)63-21-7-2-8-22-63)79-53-56-91-85(60-79)81-30-16-18-32-89(81)96(91)73-27-11-4-12-28-73/h1-61H. The summed E-state index contributed by atoms with van der Waals surface area (Å²) >= 11 is 0. The van der Waals surface area contributed by atoms with Crippen LogP contribution in [0.1, 0.15) is 0 Å². The molecule has 0 fully saturated rings. The zero-order chi connectivity index (χ0) is 63.5. The molecule has 0 aliphatic rings. The molecule has 96 heavy (non-hydrogen) atoms. The van der Waals surface area contributed by atoms with E-state index in [4.69, 9.17) is 4.98 Å². The first-order valence-electron chi connectivity index (χ1n) is 32.8. The van der Waals surface area contributed by atoms with Crippen molar-refractivity contribution in [3.63, 3.8) is 0 Å². The highest BCUT2D eigenvalue weighted by Gasteiger charge is 2.22. The number of fused-ring (bicyclic) bond motifs is 8. The fraction of sp³-hybridized carbons (Fsp3) is 0. The second-order valence-corrected chi connectivity index (χ2v) is 24.7. The minimum absolute atomic E-state index is 0.909. The van der Waals surface area contributed by atoms with Crippen LogP contribution in [-0.4, -0.2) is 14.1 Å². The topological polar surface area (TPSA) is 29.2 Å². The predicted octanol–water partition coefficient (Wildman–Crippen LogP) is 24.9. The number of nitrogens with zero attached hydrogens (tertiary/aromatic N) is 5. The summed E-state index contributed by atoms with van der Waals surface area (Å²) in [6, 6.07) is 134. The molecule has 5 nitrogen and oxygen atoms in total. The van der Waals surface area contributed by atoms with Crippen molar-refractivity contribution >= 4 is 99.4 Å². The first-order chi connectivity index (χ1) is 47.6. The molecule has 0 aliphatic carbocycles. The van der Waals surface area contributed by atoms with E-state index in [0.717, 1.165) is 95.4 Å². The maximum absolute atomic E-state index is 5.53. The predicted molar refractivity (Wildman–Crippen MR) is 404 cm³/mol. The molecular weight excluding hydrogens is 1160 g/mol. The van der Waals surface area contributed by atoms with E-state index in [-0.39, 0.29) is 0 Å². The van der Waals surface area contributed by atoms with Crippen LogP contribution in [0.4, 0.5) is 34.1 Å². The van der Waals surface area contributed by atoms with E-state index in [1.807, 2.05) is 0 Å². The zero-order valence-corrected chi connectivity index (χ0v) is 52.5. The number of pyridine rings is 1. The van der Waals surface area contributed by atoms with Gasteiger partial charge in [0.25, 0.3) is 0 Å². The number of anilines is 6. The van der Waals surface area contributed by atoms with Crippen LogP contribution in [0, 0.1) is 0 Å². The van der Waals surface area contributed by atoms with Crippen molar-refractivity contribution in [2.45, 2.75) is 0 Å². The van der Waals surface area contributed by atoms with Crippen LogP contribution in [-0.2, 0) is 0 Å². The van der Waals surface area contributed by atoms with Gasteiger partial charge in [-0.2, -0.15) is 0 Å². The number of benzene rings is 15. The lowest BCUT2D eigenvalue weighted by atomic mass is 9.95. The molecule has 15 aromatic carbocycles. The fourth-order valence-electron chi connectivity index (χ4n) is 14.4. The lowest BCUT2D eigenvalue weighted by molar-refractivity contribution is 1.18. The first kappa shape index (κ1) is 56.0. The Morgan fingerprint density at radius 1 is 0.208 bits per heavy atom. The van der Waals surface area contributed by atoms with Gasteiger partial charge < -0.3 is 18.9 Å². The summed E-state index contributed by atoms with van der Waals surface area (Å²) in [7, 11) is 0. The minimum Gasteiger partial charge on any atom is -0.310 e. The van der Waals surface area contributed by atoms with Crippen molar-refractivity contribution in [3.8, 4) is 67.1 Å². The van der Waals surface area contributed by atoms with Crippen LogP contribution >= 0.6 is 0 Å². The van der Waals surface area contributed by atoms with Crippen LogP contribution in [0.3, 0.4) is 0 Å². The molecule has 5 heteroatoms. The van der Waals surface area contributed by atoms with E-state index < -0.39 is 0 Å². The SMILES string of the molecule is c1ccc(-c2ccc(N(c3ccc(-c4ccc(-c5cc(-c6ccc7ccccc7c6)c6cc(N(c7ccc(-c8ccccc8)cc7)c7ccc8c(c7)c7ccccc7n8-c7ccccc7)ccc6n5)cc4)cc3)c3ccc4c(c3)c3ccccc3n4-c3ccccc3)cc2)cc1. The number of hydrogen-bond donors (Lipinski definition) is 0. The largest absolute Gasteiger partial charge is 0.310 e. The quantitative estimate of drug-likeness (QED) is 0.115. The van der Waals surface area contributed by atoms with Crippen LogP contribution in [0.25, 0.3) is 132 Å². The second-order valence-electron chi connectivity index (χ2n) is 24.7. The highest BCUT2D eigenvalue weighted by Crippen LogP contribution is 2.45. The third-order valence-corrected chi connectivity index (χ3v) is 19.1. The Morgan fingerprint density at radius 3 is 1.04 bits per heavy atom. The molecule has 0 bridgehead atoms. The third-order valence-electron chi connectivity index (χ3n) is 19.1. The van der Waals surface area contributed by atoms with E-state index in [2.05, 4.69) is 389 Å². The van der Waals surface area contributed by atoms with Crippen molar-refractivity contribution in [3.05, 3.63) is 370 Å². The van der Waals surface area contributed by atoms with Gasteiger partial charge in [0.05, 0.1) is 33.3 Å². The second kappa shape index (κ2) is 23.7. The smallest absolute Gasteiger partial charge is 0.0717 e. The van der Waals surface area contributed by atoms with Crippen molar-refractivity contribution in [2.75, 3.05) is 9.80 Å². The molecule has 0 radical (unpaired) electrons. The van der Waals surface area contributed by atoms with Gasteiger partial charge in [0.1, 0.15) is 0 Å². The van der Waals surface area contributed by atoms with Gasteiger partial charge in [0.2, 0.25) is 0 Å². The molecule has 0 atom stereocenters. The Bertz CT molecular complexity index is 5900. The van der Waals surface area contributed by atoms with Crippen molar-refractivity contribution < 1.29 is 0 Å². The average molecular weight is 1220 g/mol. The van der Waals surface area contributed by atoms with Gasteiger partial charge in [0, 0.05) is 78.0 Å². The van der Waals surface area contributed by atoms with Gasteiger partial charge >= 0.3 is 0 Å². The lowest BCUT2D eigenvalue weighted by Gasteiger charge is -2.26. The monoisotopic (exact) mass is 1220 g/mol. The molecule has 3 aromatic heterocycles. The van der Waals surface area contributed by atoms with Gasteiger partial charge in [-0.05, 0) is 195 Å². The number of para-hydroxylation sites is 4. The molecule has 18 rings (SSSR count). The van der Waals surface area contributed by atoms with E-state index in [0.29, 0.717) is 0 Å². The Kier molecular flexibility index (Phi) is 13.8. The lowest BCUT2D eigenvalue weighted by Crippen LogP contribution is -2.10. The van der Waals surface area contributed by atoms with Crippen molar-refractivity contribution in [2.24, 2.45) is 0 Å². The molecule has 0 aliphatic heterocycles. The average Bonchev–Trinajstić information content (AvgIpc) is 1.55. The molecule has 0 amide bonds. The fourth-order valence-corrected chi connectivity index (χ4v) is 14.4. The van der Waals surface area contributed by atoms with Gasteiger partial charge in [0.15, 0.2) is 0 Å². The van der Waals surface area contributed by atoms with Gasteiger partial charge in [-0.1, -0.05) is 231 Å². The summed E-state index contributed by atoms with van der Waals surface area (Å²) < 4.78 is 4.75. The Balaban J connectivity index is 0.723. The zero-order valence-electron chi connectivity index (χ0n) is 52.5. The van der Waals surface area contributed by atoms with Crippen LogP contribution in [0.2, 0.25) is 0 Å². The normalized spacial score (nSPS) is 11.5. The van der Waals surface area contributed by atoms with Crippen LogP contribution < -0.4 is 9.80 Å². The minimum atomic E-state index is 0.909. The van der Waals surface area contributed by atoms with E-state index in [1.165, 1.54) is 71.1 Å². The molecule has 3 heterocycles. The Labute approximate surface area is 557 Å². The molecular formula is C91H61N5. The summed E-state index contributed by atoms with van der Waals surface area (Å²) in [5.74, 6) is 0. The van der Waals surface area contributed by atoms with Gasteiger partial charge in [-0.25, -0.2) is 4.98 Å². The van der Waals surface area contributed by atoms with E-state index in [9.17, 15) is 0 Å². The summed E-state index contributed by atoms with van der Waals surface area (Å²) in [5.41, 5.74) is 25.4. The molecule has 0 saturated carbocycles. The molecule has 0 N–H and O–H groups in total. The van der Waals surface area contributed by atoms with Crippen molar-refractivity contribution in [1.82, 2.24) is 14.1 Å². The maximum Gasteiger partial charge on any atom is 0.0717 e. The Morgan fingerprint density at radius 2 is 0.552 bits per heavy atom. The van der Waals surface area contributed by atoms with E-state index in [1.54, 1.807) is 0 Å². The highest BCUT2D eigenvalue weighted by molar-refractivity contribution is 6.12. The number of hydrogen-bond acceptors (Lipinski definition) is 3. The van der Waals surface area contributed by atoms with Crippen LogP contribution in [0.5, 0.6) is 0 Å². The van der Waals surface area contributed by atoms with Crippen molar-refractivity contribution in [1.29, 1.82) is 0 Å². The molecule has 0 unspecified atom stereocenters. The molecule has 450 valence electrons. The van der Waals surface area contributed by atoms with Gasteiger partial charge in [-0.3, -0.25) is 0 Å². The van der Waals surface area contributed by atoms with Gasteiger partial charge in [-0.15, -0.1) is 0 Å². The Hall–Kier alpha value is -12.8. The number of aromatic nitrogens is 3. The summed E-state index contributed by atoms with van der Waals surface area (Å²) in [6.45, 7) is 0. The summed E-state index contributed by atoms with van der Waals surface area (Å²) in [5, 5.41) is 8.26. The first-order valence-corrected chi connectivity index (χ1v) is 32.8. The maximum atomic E-state index is 5.53. The third kappa shape index (κ3) is 10.0. The summed E-state index contributed by atoms with van der Waals surface area (Å²) in [4.78, 5) is 10.3. The molecule has 0 saturated heterocycles. The van der Waals surface area contributed by atoms with E-state index >= 15 is 0 Å². The summed E-state index contributed by atoms with van der Waals surface area (Å²) in [6.07, 6.45) is 0. The number of rotatable bonds is 13. The molecule has 18 aromatic rings. The van der Waals surface area contributed by atoms with Crippen LogP contribution in [0.15, 0.2) is 370 Å². The molecule has 0 spiro atoms.